The van der Waals surface area contributed by atoms with Crippen molar-refractivity contribution in [2.45, 2.75) is 57.5 Å². The van der Waals surface area contributed by atoms with Gasteiger partial charge in [-0.25, -0.2) is 13.2 Å². The van der Waals surface area contributed by atoms with Gasteiger partial charge in [0.15, 0.2) is 9.84 Å². The first-order valence-electron chi connectivity index (χ1n) is 9.33. The number of amides is 1. The number of alkyl halides is 3. The van der Waals surface area contributed by atoms with Gasteiger partial charge in [0, 0.05) is 38.6 Å². The van der Waals surface area contributed by atoms with Crippen LogP contribution in [0.25, 0.3) is 0 Å². The molecule has 28 heavy (non-hydrogen) atoms. The molecule has 2 aliphatic heterocycles. The molecule has 1 amide bonds. The van der Waals surface area contributed by atoms with Gasteiger partial charge in [-0.05, 0) is 18.8 Å². The first kappa shape index (κ1) is 24.7. The highest BCUT2D eigenvalue weighted by Crippen LogP contribution is 2.28. The molecule has 0 aliphatic carbocycles. The predicted octanol–water partition coefficient (Wildman–Crippen LogP) is 1.78. The number of sulfone groups is 1. The summed E-state index contributed by atoms with van der Waals surface area (Å²) in [5, 5.41) is 6.83. The highest BCUT2D eigenvalue weighted by atomic mass is 32.2. The molecule has 0 aromatic carbocycles. The minimum absolute atomic E-state index is 0.0841. The van der Waals surface area contributed by atoms with Crippen LogP contribution in [0, 0.1) is 5.92 Å². The third kappa shape index (κ3) is 6.91. The highest BCUT2D eigenvalue weighted by Gasteiger charge is 2.43. The van der Waals surface area contributed by atoms with Gasteiger partial charge in [-0.3, -0.25) is 9.69 Å². The van der Waals surface area contributed by atoms with E-state index < -0.39 is 22.0 Å². The molecule has 2 heterocycles. The lowest BCUT2D eigenvalue weighted by molar-refractivity contribution is -0.192. The first-order valence-corrected chi connectivity index (χ1v) is 11.0. The summed E-state index contributed by atoms with van der Waals surface area (Å²) >= 11 is 0. The van der Waals surface area contributed by atoms with Crippen LogP contribution in [0.1, 0.15) is 40.0 Å². The van der Waals surface area contributed by atoms with Crippen molar-refractivity contribution in [1.29, 1.82) is 0 Å². The number of aliphatic carboxylic acids is 1. The van der Waals surface area contributed by atoms with E-state index in [2.05, 4.69) is 18.7 Å². The number of carbonyl (C=O) groups is 2. The summed E-state index contributed by atoms with van der Waals surface area (Å²) in [4.78, 5) is 25.0. The monoisotopic (exact) mass is 430 g/mol. The standard InChI is InChI=1S/C15H28N2O3S.C2HF3O2/c1-4-15(18)16-7-5-13-14(6-8-16)21(19,20)10-9-17(13)11-12(2)3;3-2(4,5)1(6)7/h12-14H,4-11H2,1-3H3;(H,6,7)/t13-,14+;/m0./s1. The Kier molecular flexibility index (Phi) is 8.73. The van der Waals surface area contributed by atoms with E-state index in [1.54, 1.807) is 0 Å². The Morgan fingerprint density at radius 3 is 2.14 bits per heavy atom. The average Bonchev–Trinajstić information content (AvgIpc) is 2.80. The molecule has 2 aliphatic rings. The van der Waals surface area contributed by atoms with E-state index >= 15 is 0 Å². The lowest BCUT2D eigenvalue weighted by Crippen LogP contribution is -2.55. The lowest BCUT2D eigenvalue weighted by Gasteiger charge is -2.40. The lowest BCUT2D eigenvalue weighted by atomic mass is 10.0. The van der Waals surface area contributed by atoms with Gasteiger partial charge in [0.25, 0.3) is 0 Å². The maximum absolute atomic E-state index is 12.4. The van der Waals surface area contributed by atoms with E-state index in [9.17, 15) is 26.4 Å². The van der Waals surface area contributed by atoms with Gasteiger partial charge in [-0.15, -0.1) is 0 Å². The molecule has 164 valence electrons. The predicted molar refractivity (Wildman–Crippen MR) is 97.6 cm³/mol. The first-order chi connectivity index (χ1) is 12.8. The molecule has 2 fully saturated rings. The number of halogens is 3. The molecule has 11 heteroatoms. The Morgan fingerprint density at radius 2 is 1.68 bits per heavy atom. The van der Waals surface area contributed by atoms with Gasteiger partial charge in [-0.2, -0.15) is 13.2 Å². The summed E-state index contributed by atoms with van der Waals surface area (Å²) < 4.78 is 56.6. The molecule has 0 aromatic heterocycles. The van der Waals surface area contributed by atoms with Crippen molar-refractivity contribution in [2.75, 3.05) is 31.9 Å². The van der Waals surface area contributed by atoms with Crippen LogP contribution in [-0.2, 0) is 19.4 Å². The van der Waals surface area contributed by atoms with E-state index in [0.29, 0.717) is 38.4 Å². The smallest absolute Gasteiger partial charge is 0.475 e. The number of hydrogen-bond donors (Lipinski definition) is 1. The van der Waals surface area contributed by atoms with Crippen LogP contribution in [0.15, 0.2) is 0 Å². The molecule has 2 atom stereocenters. The van der Waals surface area contributed by atoms with E-state index in [-0.39, 0.29) is 23.0 Å². The zero-order valence-corrected chi connectivity index (χ0v) is 17.2. The number of carboxylic acids is 1. The minimum atomic E-state index is -5.08. The molecule has 0 radical (unpaired) electrons. The molecule has 2 rings (SSSR count). The maximum Gasteiger partial charge on any atom is 0.490 e. The maximum atomic E-state index is 12.4. The second kappa shape index (κ2) is 9.91. The van der Waals surface area contributed by atoms with Gasteiger partial charge < -0.3 is 10.0 Å². The molecular weight excluding hydrogens is 401 g/mol. The number of hydrogen-bond acceptors (Lipinski definition) is 5. The third-order valence-electron chi connectivity index (χ3n) is 4.90. The molecule has 0 aromatic rings. The molecule has 0 saturated carbocycles. The molecule has 0 spiro atoms. The van der Waals surface area contributed by atoms with Crippen molar-refractivity contribution in [3.63, 3.8) is 0 Å². The molecule has 1 N–H and O–H groups in total. The summed E-state index contributed by atoms with van der Waals surface area (Å²) in [6.07, 6.45) is -3.21. The Morgan fingerprint density at radius 1 is 1.14 bits per heavy atom. The number of fused-ring (bicyclic) bond motifs is 1. The number of nitrogens with zero attached hydrogens (tertiary/aromatic N) is 2. The third-order valence-corrected chi connectivity index (χ3v) is 7.12. The molecule has 2 saturated heterocycles. The number of carbonyl (C=O) groups excluding carboxylic acids is 1. The zero-order chi connectivity index (χ0) is 21.7. The fraction of sp³-hybridized carbons (Fsp3) is 0.882. The topological polar surface area (TPSA) is 95.0 Å². The van der Waals surface area contributed by atoms with Crippen molar-refractivity contribution in [3.05, 3.63) is 0 Å². The van der Waals surface area contributed by atoms with Crippen molar-refractivity contribution in [2.24, 2.45) is 5.92 Å². The van der Waals surface area contributed by atoms with Crippen LogP contribution in [0.2, 0.25) is 0 Å². The Balaban J connectivity index is 0.000000480. The van der Waals surface area contributed by atoms with Crippen molar-refractivity contribution in [3.8, 4) is 0 Å². The van der Waals surface area contributed by atoms with Crippen LogP contribution in [0.4, 0.5) is 13.2 Å². The Labute approximate surface area is 163 Å². The second-order valence-electron chi connectivity index (χ2n) is 7.48. The van der Waals surface area contributed by atoms with Gasteiger partial charge >= 0.3 is 12.1 Å². The molecular formula is C17H29F3N2O5S. The average molecular weight is 430 g/mol. The van der Waals surface area contributed by atoms with Crippen LogP contribution in [-0.4, -0.2) is 84.6 Å². The van der Waals surface area contributed by atoms with Crippen molar-refractivity contribution in [1.82, 2.24) is 9.80 Å². The molecule has 0 unspecified atom stereocenters. The van der Waals surface area contributed by atoms with Gasteiger partial charge in [0.05, 0.1) is 11.0 Å². The van der Waals surface area contributed by atoms with Gasteiger partial charge in [-0.1, -0.05) is 20.8 Å². The molecule has 7 nitrogen and oxygen atoms in total. The summed E-state index contributed by atoms with van der Waals surface area (Å²) in [6, 6.07) is 0.0841. The zero-order valence-electron chi connectivity index (χ0n) is 16.4. The quantitative estimate of drug-likeness (QED) is 0.733. The number of rotatable bonds is 3. The summed E-state index contributed by atoms with van der Waals surface area (Å²) in [5.74, 6) is -1.82. The van der Waals surface area contributed by atoms with E-state index in [4.69, 9.17) is 9.90 Å². The molecule has 0 bridgehead atoms. The Bertz CT molecular complexity index is 652. The van der Waals surface area contributed by atoms with E-state index in [0.717, 1.165) is 13.0 Å². The fourth-order valence-electron chi connectivity index (χ4n) is 3.63. The summed E-state index contributed by atoms with van der Waals surface area (Å²) in [6.45, 7) is 9.06. The van der Waals surface area contributed by atoms with Crippen LogP contribution in [0.5, 0.6) is 0 Å². The van der Waals surface area contributed by atoms with E-state index in [1.807, 2.05) is 11.8 Å². The second-order valence-corrected chi connectivity index (χ2v) is 9.82. The largest absolute Gasteiger partial charge is 0.490 e. The summed E-state index contributed by atoms with van der Waals surface area (Å²) in [5.41, 5.74) is 0. The van der Waals surface area contributed by atoms with Crippen molar-refractivity contribution < 1.29 is 36.3 Å². The van der Waals surface area contributed by atoms with E-state index in [1.165, 1.54) is 0 Å². The normalized spacial score (nSPS) is 25.3. The van der Waals surface area contributed by atoms with Gasteiger partial charge in [0.1, 0.15) is 0 Å². The minimum Gasteiger partial charge on any atom is -0.475 e. The van der Waals surface area contributed by atoms with Crippen LogP contribution in [0.3, 0.4) is 0 Å². The van der Waals surface area contributed by atoms with Crippen LogP contribution < -0.4 is 0 Å². The number of likely N-dealkylation sites (tertiary alicyclic amines) is 1. The fourth-order valence-corrected chi connectivity index (χ4v) is 5.67. The highest BCUT2D eigenvalue weighted by molar-refractivity contribution is 7.92. The SMILES string of the molecule is CCC(=O)N1CC[C@@H]2[C@H](CC1)N(CC(C)C)CCS2(=O)=O.O=C(O)C(F)(F)F. The summed E-state index contributed by atoms with van der Waals surface area (Å²) in [7, 11) is -3.01. The van der Waals surface area contributed by atoms with Crippen LogP contribution >= 0.6 is 0 Å². The van der Waals surface area contributed by atoms with Gasteiger partial charge in [0.2, 0.25) is 5.91 Å². The van der Waals surface area contributed by atoms with Crippen molar-refractivity contribution >= 4 is 21.7 Å². The number of carboxylic acid groups (broad SMARTS) is 1. The Hall–Kier alpha value is -1.36.